The number of rotatable bonds is 4. The first-order valence-corrected chi connectivity index (χ1v) is 10.6. The minimum Gasteiger partial charge on any atom is -0.504 e. The zero-order valence-electron chi connectivity index (χ0n) is 19.4. The van der Waals surface area contributed by atoms with Gasteiger partial charge in [0.05, 0.1) is 27.4 Å². The number of aliphatic hydroxyl groups excluding tert-OH is 1. The van der Waals surface area contributed by atoms with Crippen molar-refractivity contribution in [2.24, 2.45) is 11.8 Å². The Kier molecular flexibility index (Phi) is 5.92. The SMILES string of the molecule is COc1cc2c(c(O)c1OC)-c1c(cc3c(c1OC)OCO3)C(OC(C)=O)C(C)C(C)C2O. The van der Waals surface area contributed by atoms with Crippen LogP contribution in [0.4, 0.5) is 0 Å². The van der Waals surface area contributed by atoms with E-state index in [1.54, 1.807) is 12.1 Å². The van der Waals surface area contributed by atoms with Gasteiger partial charge < -0.3 is 38.6 Å². The lowest BCUT2D eigenvalue weighted by Crippen LogP contribution is -2.28. The Morgan fingerprint density at radius 1 is 0.970 bits per heavy atom. The molecule has 1 aliphatic heterocycles. The second-order valence-electron chi connectivity index (χ2n) is 8.23. The van der Waals surface area contributed by atoms with E-state index in [1.807, 2.05) is 13.8 Å². The van der Waals surface area contributed by atoms with Crippen LogP contribution in [-0.2, 0) is 9.53 Å². The van der Waals surface area contributed by atoms with Crippen molar-refractivity contribution in [3.8, 4) is 45.6 Å². The molecule has 0 saturated heterocycles. The summed E-state index contributed by atoms with van der Waals surface area (Å²) < 4.78 is 33.6. The number of esters is 1. The molecule has 4 unspecified atom stereocenters. The number of hydrogen-bond acceptors (Lipinski definition) is 9. The first-order valence-electron chi connectivity index (χ1n) is 10.6. The van der Waals surface area contributed by atoms with Crippen molar-refractivity contribution in [3.05, 3.63) is 23.3 Å². The first kappa shape index (κ1) is 22.8. The molecule has 0 aromatic heterocycles. The third-order valence-corrected chi connectivity index (χ3v) is 6.50. The van der Waals surface area contributed by atoms with E-state index in [4.69, 9.17) is 28.4 Å². The van der Waals surface area contributed by atoms with E-state index in [-0.39, 0.29) is 47.2 Å². The predicted molar refractivity (Wildman–Crippen MR) is 117 cm³/mol. The molecule has 2 aromatic rings. The molecule has 9 nitrogen and oxygen atoms in total. The number of phenols is 1. The van der Waals surface area contributed by atoms with Gasteiger partial charge in [-0.3, -0.25) is 4.79 Å². The van der Waals surface area contributed by atoms with Crippen molar-refractivity contribution >= 4 is 5.97 Å². The maximum Gasteiger partial charge on any atom is 0.303 e. The Bertz CT molecular complexity index is 1090. The van der Waals surface area contributed by atoms with E-state index < -0.39 is 18.2 Å². The van der Waals surface area contributed by atoms with Gasteiger partial charge in [0.2, 0.25) is 18.3 Å². The molecule has 9 heteroatoms. The predicted octanol–water partition coefficient (Wildman–Crippen LogP) is 3.74. The molecule has 0 bridgehead atoms. The maximum atomic E-state index is 12.1. The minimum atomic E-state index is -1.03. The van der Waals surface area contributed by atoms with Crippen LogP contribution < -0.4 is 23.7 Å². The van der Waals surface area contributed by atoms with Gasteiger partial charge in [-0.05, 0) is 23.6 Å². The lowest BCUT2D eigenvalue weighted by Gasteiger charge is -2.37. The summed E-state index contributed by atoms with van der Waals surface area (Å²) in [4.78, 5) is 12.1. The molecule has 2 N–H and O–H groups in total. The zero-order valence-corrected chi connectivity index (χ0v) is 19.4. The summed E-state index contributed by atoms with van der Waals surface area (Å²) in [5, 5.41) is 22.8. The lowest BCUT2D eigenvalue weighted by atomic mass is 9.74. The van der Waals surface area contributed by atoms with Gasteiger partial charge >= 0.3 is 5.97 Å². The Labute approximate surface area is 191 Å². The first-order chi connectivity index (χ1) is 15.7. The molecule has 1 aliphatic carbocycles. The molecule has 0 saturated carbocycles. The molecule has 4 atom stereocenters. The van der Waals surface area contributed by atoms with Crippen LogP contribution in [0, 0.1) is 11.8 Å². The van der Waals surface area contributed by atoms with Gasteiger partial charge in [-0.2, -0.15) is 0 Å². The van der Waals surface area contributed by atoms with Crippen LogP contribution in [0.15, 0.2) is 12.1 Å². The number of ether oxygens (including phenoxy) is 6. The van der Waals surface area contributed by atoms with Crippen molar-refractivity contribution in [2.45, 2.75) is 33.0 Å². The van der Waals surface area contributed by atoms with Crippen LogP contribution in [0.1, 0.15) is 44.1 Å². The van der Waals surface area contributed by atoms with E-state index in [2.05, 4.69) is 0 Å². The van der Waals surface area contributed by atoms with Crippen LogP contribution in [0.3, 0.4) is 0 Å². The number of carbonyl (C=O) groups is 1. The summed E-state index contributed by atoms with van der Waals surface area (Å²) in [7, 11) is 4.33. The van der Waals surface area contributed by atoms with Crippen molar-refractivity contribution in [2.75, 3.05) is 28.1 Å². The van der Waals surface area contributed by atoms with Crippen molar-refractivity contribution in [1.82, 2.24) is 0 Å². The third kappa shape index (κ3) is 3.47. The molecule has 2 aliphatic rings. The number of methoxy groups -OCH3 is 3. The van der Waals surface area contributed by atoms with E-state index in [0.29, 0.717) is 28.2 Å². The second-order valence-corrected chi connectivity index (χ2v) is 8.23. The summed E-state index contributed by atoms with van der Waals surface area (Å²) in [6.45, 7) is 5.08. The molecule has 0 fully saturated rings. The number of fused-ring (bicyclic) bond motifs is 4. The Morgan fingerprint density at radius 2 is 1.67 bits per heavy atom. The monoisotopic (exact) mass is 460 g/mol. The Morgan fingerprint density at radius 3 is 2.27 bits per heavy atom. The van der Waals surface area contributed by atoms with Crippen LogP contribution in [0.2, 0.25) is 0 Å². The third-order valence-electron chi connectivity index (χ3n) is 6.50. The molecule has 1 heterocycles. The topological polar surface area (TPSA) is 113 Å². The Hall–Kier alpha value is -3.33. The van der Waals surface area contributed by atoms with Crippen LogP contribution >= 0.6 is 0 Å². The second kappa shape index (κ2) is 8.55. The fourth-order valence-corrected chi connectivity index (χ4v) is 4.68. The summed E-state index contributed by atoms with van der Waals surface area (Å²) in [5.41, 5.74) is 1.67. The minimum absolute atomic E-state index is 0.00776. The van der Waals surface area contributed by atoms with Gasteiger partial charge in [0, 0.05) is 29.5 Å². The lowest BCUT2D eigenvalue weighted by molar-refractivity contribution is -0.151. The van der Waals surface area contributed by atoms with Crippen LogP contribution in [0.25, 0.3) is 11.1 Å². The van der Waals surface area contributed by atoms with Gasteiger partial charge in [-0.1, -0.05) is 13.8 Å². The quantitative estimate of drug-likeness (QED) is 0.659. The standard InChI is InChI=1S/C24H28O9/c1-10-11(2)21(33-12(3)25)14-8-16-23(32-9-31-16)24(30-6)18(14)17-13(19(10)26)7-15(28-4)22(29-5)20(17)27/h7-8,10-11,19,21,26-27H,9H2,1-6H3. The average Bonchev–Trinajstić information content (AvgIpc) is 3.27. The summed E-state index contributed by atoms with van der Waals surface area (Å²) >= 11 is 0. The van der Waals surface area contributed by atoms with Crippen molar-refractivity contribution in [3.63, 3.8) is 0 Å². The Balaban J connectivity index is 2.18. The number of aliphatic hydroxyl groups is 1. The smallest absolute Gasteiger partial charge is 0.303 e. The highest BCUT2D eigenvalue weighted by Crippen LogP contribution is 2.59. The van der Waals surface area contributed by atoms with Gasteiger partial charge in [0.1, 0.15) is 6.10 Å². The highest BCUT2D eigenvalue weighted by molar-refractivity contribution is 5.89. The molecular formula is C24H28O9. The van der Waals surface area contributed by atoms with E-state index in [0.717, 1.165) is 0 Å². The largest absolute Gasteiger partial charge is 0.504 e. The summed E-state index contributed by atoms with van der Waals surface area (Å²) in [5.74, 6) is 0.0479. The van der Waals surface area contributed by atoms with E-state index in [9.17, 15) is 15.0 Å². The number of aromatic hydroxyl groups is 1. The van der Waals surface area contributed by atoms with E-state index >= 15 is 0 Å². The summed E-state index contributed by atoms with van der Waals surface area (Å²) in [6.07, 6.45) is -1.78. The summed E-state index contributed by atoms with van der Waals surface area (Å²) in [6, 6.07) is 3.37. The number of carbonyl (C=O) groups excluding carboxylic acids is 1. The fraction of sp³-hybridized carbons (Fsp3) is 0.458. The number of phenolic OH excluding ortho intramolecular Hbond substituents is 1. The molecular weight excluding hydrogens is 432 g/mol. The normalized spacial score (nSPS) is 23.0. The highest BCUT2D eigenvalue weighted by atomic mass is 16.7. The van der Waals surface area contributed by atoms with Gasteiger partial charge in [-0.25, -0.2) is 0 Å². The maximum absolute atomic E-state index is 12.1. The van der Waals surface area contributed by atoms with E-state index in [1.165, 1.54) is 28.3 Å². The van der Waals surface area contributed by atoms with Crippen LogP contribution in [0.5, 0.6) is 34.5 Å². The number of hydrogen-bond donors (Lipinski definition) is 2. The average molecular weight is 460 g/mol. The highest BCUT2D eigenvalue weighted by Gasteiger charge is 2.42. The van der Waals surface area contributed by atoms with Gasteiger partial charge in [0.15, 0.2) is 23.0 Å². The molecule has 2 aromatic carbocycles. The molecule has 0 radical (unpaired) electrons. The van der Waals surface area contributed by atoms with Crippen LogP contribution in [-0.4, -0.2) is 44.3 Å². The van der Waals surface area contributed by atoms with Gasteiger partial charge in [0.25, 0.3) is 0 Å². The molecule has 0 amide bonds. The van der Waals surface area contributed by atoms with Crippen molar-refractivity contribution in [1.29, 1.82) is 0 Å². The fourth-order valence-electron chi connectivity index (χ4n) is 4.68. The molecule has 33 heavy (non-hydrogen) atoms. The zero-order chi connectivity index (χ0) is 24.0. The molecule has 4 rings (SSSR count). The number of benzene rings is 2. The molecule has 0 spiro atoms. The molecule has 178 valence electrons. The van der Waals surface area contributed by atoms with Gasteiger partial charge in [-0.15, -0.1) is 0 Å². The van der Waals surface area contributed by atoms with Crippen molar-refractivity contribution < 1.29 is 43.4 Å².